The Morgan fingerprint density at radius 1 is 1.00 bits per heavy atom. The molecule has 2 amide bonds. The van der Waals surface area contributed by atoms with Crippen molar-refractivity contribution >= 4 is 52.5 Å². The summed E-state index contributed by atoms with van der Waals surface area (Å²) >= 11 is 7.00. The number of unbranched alkanes of at least 4 members (excludes halogenated alkanes) is 3. The molecule has 0 aromatic rings. The number of halogens is 1. The van der Waals surface area contributed by atoms with Gasteiger partial charge in [-0.2, -0.15) is 0 Å². The van der Waals surface area contributed by atoms with Crippen molar-refractivity contribution in [3.63, 3.8) is 0 Å². The van der Waals surface area contributed by atoms with Gasteiger partial charge < -0.3 is 10.2 Å². The number of imide groups is 1. The average molecular weight is 642 g/mol. The summed E-state index contributed by atoms with van der Waals surface area (Å²) in [5, 5.41) is 24.0. The van der Waals surface area contributed by atoms with Crippen molar-refractivity contribution < 1.29 is 43.8 Å². The number of Topliss-reactive ketones (excluding diaryl/α,β-unsaturated/α-hetero) is 3. The molecular formula is C34H40ClNO9. The molecule has 0 radical (unpaired) electrons. The Hall–Kier alpha value is -3.24. The molecule has 0 aromatic carbocycles. The predicted molar refractivity (Wildman–Crippen MR) is 162 cm³/mol. The summed E-state index contributed by atoms with van der Waals surface area (Å²) in [7, 11) is 0. The van der Waals surface area contributed by atoms with Gasteiger partial charge in [0.2, 0.25) is 11.8 Å². The number of ketones is 4. The van der Waals surface area contributed by atoms with Crippen LogP contribution in [0.5, 0.6) is 0 Å². The van der Waals surface area contributed by atoms with Gasteiger partial charge in [-0.1, -0.05) is 57.8 Å². The van der Waals surface area contributed by atoms with E-state index in [0.29, 0.717) is 12.8 Å². The number of piperidine rings is 1. The van der Waals surface area contributed by atoms with Crippen molar-refractivity contribution in [2.24, 2.45) is 40.4 Å². The summed E-state index contributed by atoms with van der Waals surface area (Å²) in [6.07, 6.45) is 8.14. The number of alkyl halides is 1. The van der Waals surface area contributed by atoms with Crippen LogP contribution in [0.25, 0.3) is 0 Å². The molecule has 3 saturated carbocycles. The second-order valence-electron chi connectivity index (χ2n) is 13.5. The molecule has 9 atom stereocenters. The van der Waals surface area contributed by atoms with Crippen LogP contribution < -0.4 is 5.32 Å². The zero-order valence-corrected chi connectivity index (χ0v) is 26.7. The van der Waals surface area contributed by atoms with Crippen LogP contribution in [0.1, 0.15) is 79.1 Å². The smallest absolute Gasteiger partial charge is 0.306 e. The van der Waals surface area contributed by atoms with Gasteiger partial charge in [-0.25, -0.2) is 0 Å². The third-order valence-corrected chi connectivity index (χ3v) is 12.1. The maximum absolute atomic E-state index is 14.9. The number of carboxylic acids is 1. The lowest BCUT2D eigenvalue weighted by Gasteiger charge is -2.39. The first-order valence-corrected chi connectivity index (χ1v) is 16.2. The molecule has 3 N–H and O–H groups in total. The Morgan fingerprint density at radius 3 is 2.29 bits per heavy atom. The number of fused-ring (bicyclic) bond motifs is 2. The molecule has 1 saturated heterocycles. The normalized spacial score (nSPS) is 40.5. The highest BCUT2D eigenvalue weighted by molar-refractivity contribution is 6.58. The van der Waals surface area contributed by atoms with Crippen LogP contribution in [0.3, 0.4) is 0 Å². The lowest BCUT2D eigenvalue weighted by atomic mass is 9.64. The van der Waals surface area contributed by atoms with Crippen LogP contribution in [-0.4, -0.2) is 61.6 Å². The second kappa shape index (κ2) is 11.2. The maximum atomic E-state index is 14.9. The highest BCUT2D eigenvalue weighted by Gasteiger charge is 3.02. The number of hydrogen-bond donors (Lipinski definition) is 3. The van der Waals surface area contributed by atoms with E-state index in [1.165, 1.54) is 18.2 Å². The van der Waals surface area contributed by atoms with Gasteiger partial charge in [-0.3, -0.25) is 38.9 Å². The first-order chi connectivity index (χ1) is 21.2. The van der Waals surface area contributed by atoms with Crippen LogP contribution >= 0.6 is 11.6 Å². The summed E-state index contributed by atoms with van der Waals surface area (Å²) in [5.74, 6) is -10.4. The molecular weight excluding hydrogens is 602 g/mol. The Kier molecular flexibility index (Phi) is 8.27. The minimum absolute atomic E-state index is 0.0123. The summed E-state index contributed by atoms with van der Waals surface area (Å²) < 4.78 is 0. The van der Waals surface area contributed by atoms with E-state index in [9.17, 15) is 43.8 Å². The number of nitrogens with one attached hydrogen (secondary N) is 1. The van der Waals surface area contributed by atoms with Gasteiger partial charge >= 0.3 is 5.97 Å². The standard InChI is InChI=1S/C34H40ClNO9/c1-5-8-9-10-13-32-29(43)36-30(44)33(32)27(40)23(20(11-6-2)26(39)34(32,33)35)25(38)24-22-17(4)14-18(28(41)42)15-19(22)16-31(24,45)21(37)12-7-3/h6-7,11-12,17-19,22,24,45H,5,8-10,13-16H2,1-4H3,(H,41,42)(H,36,43,44)/b11-6-,12-7+. The SMILES string of the molecule is C/C=C\C1=C(C(=O)C2C3C(C)CC(C(=O)O)CC3CC2(O)C(=O)/C=C/C)C(=O)C23C(=O)NC(=O)C2(CCCCCC)C3(Cl)C1=O. The zero-order valence-electron chi connectivity index (χ0n) is 26.0. The number of carbonyl (C=O) groups excluding carboxylic acids is 6. The lowest BCUT2D eigenvalue weighted by Crippen LogP contribution is -2.53. The van der Waals surface area contributed by atoms with Gasteiger partial charge in [-0.05, 0) is 63.4 Å². The van der Waals surface area contributed by atoms with Crippen molar-refractivity contribution in [2.45, 2.75) is 89.5 Å². The van der Waals surface area contributed by atoms with E-state index >= 15 is 0 Å². The van der Waals surface area contributed by atoms with Crippen LogP contribution in [0.15, 0.2) is 35.5 Å². The van der Waals surface area contributed by atoms with E-state index in [1.807, 2.05) is 6.92 Å². The van der Waals surface area contributed by atoms with Crippen LogP contribution in [0.4, 0.5) is 0 Å². The minimum Gasteiger partial charge on any atom is -0.481 e. The Morgan fingerprint density at radius 2 is 1.69 bits per heavy atom. The first kappa shape index (κ1) is 33.1. The summed E-state index contributed by atoms with van der Waals surface area (Å²) in [6, 6.07) is 0. The van der Waals surface area contributed by atoms with E-state index < -0.39 is 97.4 Å². The average Bonchev–Trinajstić information content (AvgIpc) is 3.17. The maximum Gasteiger partial charge on any atom is 0.306 e. The van der Waals surface area contributed by atoms with Gasteiger partial charge in [0, 0.05) is 5.57 Å². The summed E-state index contributed by atoms with van der Waals surface area (Å²) in [5.41, 5.74) is -7.49. The molecule has 45 heavy (non-hydrogen) atoms. The molecule has 1 spiro atoms. The minimum atomic E-state index is -2.33. The summed E-state index contributed by atoms with van der Waals surface area (Å²) in [4.78, 5) is 94.2. The molecule has 242 valence electrons. The zero-order chi connectivity index (χ0) is 33.3. The Balaban J connectivity index is 1.67. The Labute approximate surface area is 266 Å². The lowest BCUT2D eigenvalue weighted by molar-refractivity contribution is -0.147. The number of aliphatic carboxylic acids is 1. The van der Waals surface area contributed by atoms with Crippen LogP contribution in [0.2, 0.25) is 0 Å². The number of rotatable bonds is 11. The molecule has 0 bridgehead atoms. The molecule has 1 aliphatic heterocycles. The third-order valence-electron chi connectivity index (χ3n) is 11.3. The molecule has 5 rings (SSSR count). The van der Waals surface area contributed by atoms with Gasteiger partial charge in [-0.15, -0.1) is 11.6 Å². The molecule has 4 aliphatic carbocycles. The molecule has 9 unspecified atom stereocenters. The van der Waals surface area contributed by atoms with Gasteiger partial charge in [0.25, 0.3) is 0 Å². The van der Waals surface area contributed by atoms with Gasteiger partial charge in [0.1, 0.15) is 15.9 Å². The number of carboxylic acid groups (broad SMARTS) is 1. The molecule has 1 heterocycles. The molecule has 10 nitrogen and oxygen atoms in total. The monoisotopic (exact) mass is 641 g/mol. The van der Waals surface area contributed by atoms with E-state index in [-0.39, 0.29) is 31.3 Å². The third kappa shape index (κ3) is 4.00. The van der Waals surface area contributed by atoms with E-state index in [1.54, 1.807) is 20.8 Å². The molecule has 0 aromatic heterocycles. The van der Waals surface area contributed by atoms with Crippen LogP contribution in [-0.2, 0) is 33.6 Å². The Bertz CT molecular complexity index is 1510. The van der Waals surface area contributed by atoms with Gasteiger partial charge in [0.15, 0.2) is 28.5 Å². The number of amides is 2. The fourth-order valence-electron chi connectivity index (χ4n) is 9.51. The fraction of sp³-hybridized carbons (Fsp3) is 0.618. The molecule has 4 fully saturated rings. The number of carbonyl (C=O) groups is 7. The van der Waals surface area contributed by atoms with Crippen molar-refractivity contribution in [2.75, 3.05) is 0 Å². The van der Waals surface area contributed by atoms with Crippen LogP contribution in [0, 0.1) is 40.4 Å². The number of aliphatic hydroxyl groups is 1. The molecule has 5 aliphatic rings. The van der Waals surface area contributed by atoms with E-state index in [4.69, 9.17) is 11.6 Å². The van der Waals surface area contributed by atoms with Crippen molar-refractivity contribution in [3.05, 3.63) is 35.5 Å². The highest BCUT2D eigenvalue weighted by atomic mass is 35.5. The van der Waals surface area contributed by atoms with E-state index in [0.717, 1.165) is 18.9 Å². The van der Waals surface area contributed by atoms with Crippen molar-refractivity contribution in [1.29, 1.82) is 0 Å². The van der Waals surface area contributed by atoms with E-state index in [2.05, 4.69) is 5.32 Å². The largest absolute Gasteiger partial charge is 0.481 e. The van der Waals surface area contributed by atoms with Gasteiger partial charge in [0.05, 0.1) is 17.4 Å². The second-order valence-corrected chi connectivity index (χ2v) is 14.1. The number of hydrogen-bond acceptors (Lipinski definition) is 8. The molecule has 11 heteroatoms. The number of allylic oxidation sites excluding steroid dienone is 5. The summed E-state index contributed by atoms with van der Waals surface area (Å²) in [6.45, 7) is 6.88. The highest BCUT2D eigenvalue weighted by Crippen LogP contribution is 2.83. The van der Waals surface area contributed by atoms with Crippen molar-refractivity contribution in [3.8, 4) is 0 Å². The fourth-order valence-corrected chi connectivity index (χ4v) is 10.2. The quantitative estimate of drug-likeness (QED) is 0.0763. The van der Waals surface area contributed by atoms with Crippen molar-refractivity contribution in [1.82, 2.24) is 5.32 Å². The topological polar surface area (TPSA) is 172 Å². The predicted octanol–water partition coefficient (Wildman–Crippen LogP) is 3.43. The first-order valence-electron chi connectivity index (χ1n) is 15.9.